The van der Waals surface area contributed by atoms with E-state index in [1.165, 1.54) is 25.7 Å². The lowest BCUT2D eigenvalue weighted by Crippen LogP contribution is -2.37. The van der Waals surface area contributed by atoms with Crippen LogP contribution in [-0.4, -0.2) is 32.2 Å². The fraction of sp³-hybridized carbons (Fsp3) is 1.00. The second kappa shape index (κ2) is 6.43. The number of hydrogen-bond donors (Lipinski definition) is 3. The molecule has 0 aliphatic heterocycles. The molecule has 1 fully saturated rings. The molecule has 4 heteroatoms. The highest BCUT2D eigenvalue weighted by molar-refractivity contribution is 6.45. The van der Waals surface area contributed by atoms with Crippen LogP contribution in [0.3, 0.4) is 0 Å². The van der Waals surface area contributed by atoms with Crippen LogP contribution in [0.4, 0.5) is 0 Å². The molecule has 0 unspecified atom stereocenters. The maximum absolute atomic E-state index is 9.13. The highest BCUT2D eigenvalue weighted by atomic mass is 16.2. The first kappa shape index (κ1) is 12.0. The summed E-state index contributed by atoms with van der Waals surface area (Å²) in [7, 11) is 1.66. The third kappa shape index (κ3) is 4.44. The Labute approximate surface area is 87.8 Å². The molecular weight excluding hydrogens is 175 g/mol. The van der Waals surface area contributed by atoms with E-state index in [0.717, 1.165) is 24.9 Å². The van der Waals surface area contributed by atoms with Gasteiger partial charge in [-0.05, 0) is 58.1 Å². The molecule has 0 aromatic heterocycles. The maximum atomic E-state index is 9.13. The van der Waals surface area contributed by atoms with Gasteiger partial charge in [0, 0.05) is 0 Å². The van der Waals surface area contributed by atoms with Gasteiger partial charge in [0.25, 0.3) is 0 Å². The molecule has 1 saturated carbocycles. The standard InChI is InChI=1S/C10H23BN2O/c1-11(14)13-8-10-5-3-4-9(6-10)7-12-2/h9-10,12-14H,3-8H2,1-2H3/t9-,10+/m1/s1. The highest BCUT2D eigenvalue weighted by Crippen LogP contribution is 2.27. The van der Waals surface area contributed by atoms with Crippen molar-refractivity contribution in [2.24, 2.45) is 11.8 Å². The fourth-order valence-corrected chi connectivity index (χ4v) is 2.40. The summed E-state index contributed by atoms with van der Waals surface area (Å²) < 4.78 is 0. The number of hydrogen-bond acceptors (Lipinski definition) is 3. The minimum absolute atomic E-state index is 0.361. The van der Waals surface area contributed by atoms with Gasteiger partial charge in [-0.2, -0.15) is 0 Å². The zero-order valence-corrected chi connectivity index (χ0v) is 9.42. The van der Waals surface area contributed by atoms with Crippen molar-refractivity contribution in [3.63, 3.8) is 0 Å². The summed E-state index contributed by atoms with van der Waals surface area (Å²) in [6.45, 7) is 3.90. The first-order valence-corrected chi connectivity index (χ1v) is 5.78. The lowest BCUT2D eigenvalue weighted by atomic mass is 9.79. The van der Waals surface area contributed by atoms with Crippen molar-refractivity contribution in [2.75, 3.05) is 20.1 Å². The smallest absolute Gasteiger partial charge is 0.373 e. The lowest BCUT2D eigenvalue weighted by Gasteiger charge is -2.29. The van der Waals surface area contributed by atoms with Crippen molar-refractivity contribution in [3.05, 3.63) is 0 Å². The van der Waals surface area contributed by atoms with Crippen LogP contribution in [0.2, 0.25) is 6.82 Å². The van der Waals surface area contributed by atoms with Crippen molar-refractivity contribution in [2.45, 2.75) is 32.5 Å². The quantitative estimate of drug-likeness (QED) is 0.570. The minimum Gasteiger partial charge on any atom is -0.437 e. The Morgan fingerprint density at radius 3 is 2.50 bits per heavy atom. The van der Waals surface area contributed by atoms with E-state index in [1.807, 2.05) is 7.05 Å². The molecule has 14 heavy (non-hydrogen) atoms. The average Bonchev–Trinajstić information content (AvgIpc) is 2.16. The molecule has 0 aromatic rings. The first-order chi connectivity index (χ1) is 6.72. The van der Waals surface area contributed by atoms with Crippen LogP contribution in [0.15, 0.2) is 0 Å². The number of rotatable bonds is 5. The van der Waals surface area contributed by atoms with Gasteiger partial charge in [-0.3, -0.25) is 0 Å². The van der Waals surface area contributed by atoms with E-state index in [9.17, 15) is 0 Å². The zero-order valence-electron chi connectivity index (χ0n) is 9.42. The van der Waals surface area contributed by atoms with Crippen LogP contribution in [0.1, 0.15) is 25.7 Å². The van der Waals surface area contributed by atoms with E-state index >= 15 is 0 Å². The van der Waals surface area contributed by atoms with Gasteiger partial charge < -0.3 is 15.6 Å². The van der Waals surface area contributed by atoms with Crippen molar-refractivity contribution < 1.29 is 5.02 Å². The van der Waals surface area contributed by atoms with Gasteiger partial charge in [-0.1, -0.05) is 6.42 Å². The Kier molecular flexibility index (Phi) is 5.52. The van der Waals surface area contributed by atoms with Gasteiger partial charge in [0.2, 0.25) is 0 Å². The Balaban J connectivity index is 2.18. The second-order valence-electron chi connectivity index (χ2n) is 4.54. The van der Waals surface area contributed by atoms with Gasteiger partial charge in [0.05, 0.1) is 0 Å². The van der Waals surface area contributed by atoms with E-state index in [1.54, 1.807) is 6.82 Å². The molecule has 1 rings (SSSR count). The van der Waals surface area contributed by atoms with Crippen molar-refractivity contribution in [3.8, 4) is 0 Å². The van der Waals surface area contributed by atoms with Crippen molar-refractivity contribution in [1.29, 1.82) is 0 Å². The van der Waals surface area contributed by atoms with Gasteiger partial charge in [0.1, 0.15) is 0 Å². The summed E-state index contributed by atoms with van der Waals surface area (Å²) in [5.74, 6) is 1.60. The lowest BCUT2D eigenvalue weighted by molar-refractivity contribution is 0.262. The topological polar surface area (TPSA) is 44.3 Å². The minimum atomic E-state index is -0.361. The molecule has 3 nitrogen and oxygen atoms in total. The first-order valence-electron chi connectivity index (χ1n) is 5.78. The highest BCUT2D eigenvalue weighted by Gasteiger charge is 2.21. The average molecular weight is 198 g/mol. The molecule has 0 heterocycles. The predicted octanol–water partition coefficient (Wildman–Crippen LogP) is 0.712. The summed E-state index contributed by atoms with van der Waals surface area (Å²) in [4.78, 5) is 0. The van der Waals surface area contributed by atoms with Gasteiger partial charge in [0.15, 0.2) is 0 Å². The monoisotopic (exact) mass is 198 g/mol. The summed E-state index contributed by atoms with van der Waals surface area (Å²) in [5, 5.41) is 15.5. The molecular formula is C10H23BN2O. The summed E-state index contributed by atoms with van der Waals surface area (Å²) in [6.07, 6.45) is 5.34. The van der Waals surface area contributed by atoms with Gasteiger partial charge in [-0.15, -0.1) is 0 Å². The molecule has 0 aromatic carbocycles. The SMILES string of the molecule is CNC[C@@H]1CCC[C@H](CNB(C)O)C1. The Morgan fingerprint density at radius 1 is 1.29 bits per heavy atom. The van der Waals surface area contributed by atoms with Gasteiger partial charge >= 0.3 is 7.05 Å². The molecule has 1 aliphatic rings. The Morgan fingerprint density at radius 2 is 1.93 bits per heavy atom. The van der Waals surface area contributed by atoms with Crippen LogP contribution in [0, 0.1) is 11.8 Å². The maximum Gasteiger partial charge on any atom is 0.373 e. The van der Waals surface area contributed by atoms with Crippen molar-refractivity contribution >= 4 is 7.05 Å². The second-order valence-corrected chi connectivity index (χ2v) is 4.54. The molecule has 82 valence electrons. The Bertz CT molecular complexity index is 153. The van der Waals surface area contributed by atoms with E-state index in [2.05, 4.69) is 10.5 Å². The van der Waals surface area contributed by atoms with E-state index < -0.39 is 0 Å². The molecule has 1 aliphatic carbocycles. The molecule has 0 radical (unpaired) electrons. The number of nitrogens with one attached hydrogen (secondary N) is 2. The van der Waals surface area contributed by atoms with Gasteiger partial charge in [-0.25, -0.2) is 0 Å². The molecule has 2 atom stereocenters. The molecule has 0 amide bonds. The molecule has 3 N–H and O–H groups in total. The molecule has 0 saturated heterocycles. The predicted molar refractivity (Wildman–Crippen MR) is 61.2 cm³/mol. The zero-order chi connectivity index (χ0) is 10.4. The molecule has 0 spiro atoms. The summed E-state index contributed by atoms with van der Waals surface area (Å²) >= 11 is 0. The van der Waals surface area contributed by atoms with Crippen LogP contribution < -0.4 is 10.5 Å². The van der Waals surface area contributed by atoms with Crippen LogP contribution in [-0.2, 0) is 0 Å². The van der Waals surface area contributed by atoms with E-state index in [0.29, 0.717) is 0 Å². The largest absolute Gasteiger partial charge is 0.437 e. The third-order valence-corrected chi connectivity index (χ3v) is 3.09. The van der Waals surface area contributed by atoms with Crippen molar-refractivity contribution in [1.82, 2.24) is 10.5 Å². The normalized spacial score (nSPS) is 27.6. The summed E-state index contributed by atoms with van der Waals surface area (Å²) in [6, 6.07) is 0. The molecule has 0 bridgehead atoms. The van der Waals surface area contributed by atoms with Crippen LogP contribution >= 0.6 is 0 Å². The fourth-order valence-electron chi connectivity index (χ4n) is 2.40. The third-order valence-electron chi connectivity index (χ3n) is 3.09. The van der Waals surface area contributed by atoms with Crippen LogP contribution in [0.5, 0.6) is 0 Å². The summed E-state index contributed by atoms with van der Waals surface area (Å²) in [5.41, 5.74) is 0. The Hall–Kier alpha value is -0.0551. The van der Waals surface area contributed by atoms with E-state index in [-0.39, 0.29) is 7.05 Å². The van der Waals surface area contributed by atoms with E-state index in [4.69, 9.17) is 5.02 Å². The van der Waals surface area contributed by atoms with Crippen LogP contribution in [0.25, 0.3) is 0 Å².